The number of aliphatic carboxylic acids is 1. The van der Waals surface area contributed by atoms with Crippen LogP contribution in [-0.2, 0) is 27.4 Å². The van der Waals surface area contributed by atoms with Crippen LogP contribution in [0.15, 0.2) is 0 Å². The molecule has 2 atom stereocenters. The van der Waals surface area contributed by atoms with Crippen LogP contribution in [0, 0.1) is 6.92 Å². The molecule has 1 aliphatic carbocycles. The quantitative estimate of drug-likeness (QED) is 0.864. The summed E-state index contributed by atoms with van der Waals surface area (Å²) in [5.74, 6) is 0.0155. The van der Waals surface area contributed by atoms with Crippen molar-refractivity contribution in [3.63, 3.8) is 0 Å². The summed E-state index contributed by atoms with van der Waals surface area (Å²) in [6, 6.07) is -0.918. The average molecular weight is 350 g/mol. The van der Waals surface area contributed by atoms with Crippen LogP contribution >= 0.6 is 0 Å². The van der Waals surface area contributed by atoms with Crippen molar-refractivity contribution in [2.24, 2.45) is 0 Å². The molecule has 2 aliphatic rings. The highest BCUT2D eigenvalue weighted by molar-refractivity contribution is 5.86. The zero-order chi connectivity index (χ0) is 18.0. The summed E-state index contributed by atoms with van der Waals surface area (Å²) < 4.78 is 7.82. The molecule has 8 heteroatoms. The number of fused-ring (bicyclic) bond motifs is 1. The number of carboxylic acid groups (broad SMARTS) is 1. The standard InChI is InChI=1S/C17H26N4O4/c1-3-14(25-12-7-5-4-6-8-12)16(22)21-10-15-19-18-11(2)20(15)9-13(21)17(23)24/h12-14H,3-10H2,1-2H3,(H,23,24). The van der Waals surface area contributed by atoms with E-state index >= 15 is 0 Å². The summed E-state index contributed by atoms with van der Waals surface area (Å²) in [5, 5.41) is 17.7. The molecular weight excluding hydrogens is 324 g/mol. The lowest BCUT2D eigenvalue weighted by atomic mass is 9.97. The van der Waals surface area contributed by atoms with Crippen LogP contribution in [-0.4, -0.2) is 54.9 Å². The van der Waals surface area contributed by atoms with Gasteiger partial charge in [0.15, 0.2) is 5.82 Å². The van der Waals surface area contributed by atoms with Crippen molar-refractivity contribution in [1.82, 2.24) is 19.7 Å². The van der Waals surface area contributed by atoms with Crippen molar-refractivity contribution in [2.75, 3.05) is 0 Å². The number of carbonyl (C=O) groups excluding carboxylic acids is 1. The fourth-order valence-electron chi connectivity index (χ4n) is 3.70. The van der Waals surface area contributed by atoms with Gasteiger partial charge < -0.3 is 19.3 Å². The van der Waals surface area contributed by atoms with Crippen LogP contribution in [0.5, 0.6) is 0 Å². The van der Waals surface area contributed by atoms with Crippen LogP contribution in [0.4, 0.5) is 0 Å². The number of aryl methyl sites for hydroxylation is 1. The third-order valence-corrected chi connectivity index (χ3v) is 5.18. The summed E-state index contributed by atoms with van der Waals surface area (Å²) in [6.45, 7) is 4.02. The first kappa shape index (κ1) is 17.8. The maximum absolute atomic E-state index is 13.0. The SMILES string of the molecule is CCC(OC1CCCCC1)C(=O)N1Cc2nnc(C)n2CC1C(=O)O. The first-order valence-corrected chi connectivity index (χ1v) is 9.08. The lowest BCUT2D eigenvalue weighted by Gasteiger charge is -2.36. The molecule has 2 unspecified atom stereocenters. The van der Waals surface area contributed by atoms with Crippen molar-refractivity contribution in [3.8, 4) is 0 Å². The predicted molar refractivity (Wildman–Crippen MR) is 88.8 cm³/mol. The molecule has 1 aromatic rings. The number of amides is 1. The largest absolute Gasteiger partial charge is 0.480 e. The van der Waals surface area contributed by atoms with Gasteiger partial charge in [-0.15, -0.1) is 10.2 Å². The Labute approximate surface area is 147 Å². The van der Waals surface area contributed by atoms with E-state index in [2.05, 4.69) is 10.2 Å². The molecule has 1 N–H and O–H groups in total. The third-order valence-electron chi connectivity index (χ3n) is 5.18. The smallest absolute Gasteiger partial charge is 0.328 e. The molecule has 25 heavy (non-hydrogen) atoms. The van der Waals surface area contributed by atoms with E-state index in [1.54, 1.807) is 11.5 Å². The van der Waals surface area contributed by atoms with Crippen LogP contribution < -0.4 is 0 Å². The molecular formula is C17H26N4O4. The lowest BCUT2D eigenvalue weighted by Crippen LogP contribution is -2.54. The summed E-state index contributed by atoms with van der Waals surface area (Å²) in [4.78, 5) is 26.1. The van der Waals surface area contributed by atoms with Gasteiger partial charge in [-0.1, -0.05) is 26.2 Å². The summed E-state index contributed by atoms with van der Waals surface area (Å²) in [7, 11) is 0. The van der Waals surface area contributed by atoms with E-state index in [1.165, 1.54) is 11.3 Å². The number of nitrogens with zero attached hydrogens (tertiary/aromatic N) is 4. The van der Waals surface area contributed by atoms with Crippen LogP contribution in [0.3, 0.4) is 0 Å². The Morgan fingerprint density at radius 3 is 2.64 bits per heavy atom. The van der Waals surface area contributed by atoms with Crippen LogP contribution in [0.1, 0.15) is 57.1 Å². The van der Waals surface area contributed by atoms with Gasteiger partial charge in [0.05, 0.1) is 19.2 Å². The van der Waals surface area contributed by atoms with Crippen molar-refractivity contribution < 1.29 is 19.4 Å². The van der Waals surface area contributed by atoms with E-state index in [4.69, 9.17) is 4.74 Å². The Balaban J connectivity index is 1.76. The fourth-order valence-corrected chi connectivity index (χ4v) is 3.70. The minimum Gasteiger partial charge on any atom is -0.480 e. The predicted octanol–water partition coefficient (Wildman–Crippen LogP) is 1.51. The van der Waals surface area contributed by atoms with E-state index in [0.717, 1.165) is 25.7 Å². The first-order chi connectivity index (χ1) is 12.0. The monoisotopic (exact) mass is 350 g/mol. The maximum Gasteiger partial charge on any atom is 0.328 e. The van der Waals surface area contributed by atoms with Crippen molar-refractivity contribution in [3.05, 3.63) is 11.6 Å². The molecule has 0 saturated heterocycles. The van der Waals surface area contributed by atoms with Crippen molar-refractivity contribution in [1.29, 1.82) is 0 Å². The van der Waals surface area contributed by atoms with Crippen molar-refractivity contribution >= 4 is 11.9 Å². The van der Waals surface area contributed by atoms with E-state index in [-0.39, 0.29) is 25.1 Å². The second kappa shape index (κ2) is 7.51. The molecule has 1 saturated carbocycles. The zero-order valence-corrected chi connectivity index (χ0v) is 14.8. The fraction of sp³-hybridized carbons (Fsp3) is 0.765. The number of aromatic nitrogens is 3. The van der Waals surface area contributed by atoms with E-state index in [9.17, 15) is 14.7 Å². The molecule has 8 nitrogen and oxygen atoms in total. The van der Waals surface area contributed by atoms with Gasteiger partial charge in [-0.3, -0.25) is 4.79 Å². The van der Waals surface area contributed by atoms with Crippen LogP contribution in [0.25, 0.3) is 0 Å². The number of hydrogen-bond donors (Lipinski definition) is 1. The Hall–Kier alpha value is -1.96. The molecule has 0 aromatic carbocycles. The number of ether oxygens (including phenoxy) is 1. The Kier molecular flexibility index (Phi) is 5.36. The topological polar surface area (TPSA) is 97.5 Å². The van der Waals surface area contributed by atoms with Gasteiger partial charge in [-0.25, -0.2) is 4.79 Å². The molecule has 2 heterocycles. The van der Waals surface area contributed by atoms with Gasteiger partial charge in [0.1, 0.15) is 18.0 Å². The minimum atomic E-state index is -1.01. The lowest BCUT2D eigenvalue weighted by molar-refractivity contribution is -0.162. The minimum absolute atomic E-state index is 0.0987. The number of carbonyl (C=O) groups is 2. The van der Waals surface area contributed by atoms with Gasteiger partial charge in [-0.2, -0.15) is 0 Å². The average Bonchev–Trinajstić information content (AvgIpc) is 2.99. The van der Waals surface area contributed by atoms with E-state index in [0.29, 0.717) is 18.1 Å². The van der Waals surface area contributed by atoms with Gasteiger partial charge >= 0.3 is 5.97 Å². The zero-order valence-electron chi connectivity index (χ0n) is 14.8. The summed E-state index contributed by atoms with van der Waals surface area (Å²) >= 11 is 0. The summed E-state index contributed by atoms with van der Waals surface area (Å²) in [5.41, 5.74) is 0. The molecule has 1 aromatic heterocycles. The Morgan fingerprint density at radius 1 is 1.28 bits per heavy atom. The third kappa shape index (κ3) is 3.68. The highest BCUT2D eigenvalue weighted by atomic mass is 16.5. The molecule has 0 radical (unpaired) electrons. The van der Waals surface area contributed by atoms with Gasteiger partial charge in [-0.05, 0) is 26.2 Å². The van der Waals surface area contributed by atoms with Crippen molar-refractivity contribution in [2.45, 2.75) is 83.7 Å². The van der Waals surface area contributed by atoms with Gasteiger partial charge in [0, 0.05) is 0 Å². The van der Waals surface area contributed by atoms with E-state index in [1.807, 2.05) is 6.92 Å². The second-order valence-electron chi connectivity index (χ2n) is 6.89. The summed E-state index contributed by atoms with van der Waals surface area (Å²) in [6.07, 6.45) is 5.44. The molecule has 0 spiro atoms. The number of carboxylic acids is 1. The highest BCUT2D eigenvalue weighted by Gasteiger charge is 2.39. The first-order valence-electron chi connectivity index (χ1n) is 9.08. The number of rotatable bonds is 5. The Bertz CT molecular complexity index is 639. The van der Waals surface area contributed by atoms with Gasteiger partial charge in [0.25, 0.3) is 5.91 Å². The molecule has 3 rings (SSSR count). The van der Waals surface area contributed by atoms with Crippen LogP contribution in [0.2, 0.25) is 0 Å². The normalized spacial score (nSPS) is 22.5. The highest BCUT2D eigenvalue weighted by Crippen LogP contribution is 2.25. The number of hydrogen-bond acceptors (Lipinski definition) is 5. The van der Waals surface area contributed by atoms with Gasteiger partial charge in [0.2, 0.25) is 0 Å². The molecule has 138 valence electrons. The second-order valence-corrected chi connectivity index (χ2v) is 6.89. The molecule has 1 amide bonds. The maximum atomic E-state index is 13.0. The van der Waals surface area contributed by atoms with E-state index < -0.39 is 18.1 Å². The molecule has 0 bridgehead atoms. The molecule has 1 fully saturated rings. The Morgan fingerprint density at radius 2 is 2.00 bits per heavy atom. The molecule has 1 aliphatic heterocycles.